The first kappa shape index (κ1) is 18.5. The third-order valence-electron chi connectivity index (χ3n) is 3.82. The van der Waals surface area contributed by atoms with Crippen LogP contribution in [0.1, 0.15) is 48.5 Å². The fourth-order valence-corrected chi connectivity index (χ4v) is 2.31. The zero-order valence-corrected chi connectivity index (χ0v) is 14.6. The Balaban J connectivity index is 1.70. The number of carbonyl (C=O) groups is 2. The van der Waals surface area contributed by atoms with E-state index in [1.54, 1.807) is 24.3 Å². The van der Waals surface area contributed by atoms with E-state index in [0.717, 1.165) is 5.75 Å². The molecule has 0 atom stereocenters. The monoisotopic (exact) mass is 340 g/mol. The SMILES string of the molecule is CC(C)c1ccc(OCCCC(=O)Nc2ccc(C(N)=O)cc2)cc1. The third-order valence-corrected chi connectivity index (χ3v) is 3.82. The van der Waals surface area contributed by atoms with Crippen LogP contribution in [0.15, 0.2) is 48.5 Å². The van der Waals surface area contributed by atoms with Crippen LogP contribution in [0, 0.1) is 0 Å². The van der Waals surface area contributed by atoms with Gasteiger partial charge < -0.3 is 15.8 Å². The molecule has 0 radical (unpaired) electrons. The van der Waals surface area contributed by atoms with Crippen LogP contribution in [-0.4, -0.2) is 18.4 Å². The maximum absolute atomic E-state index is 11.9. The molecule has 0 aliphatic heterocycles. The molecule has 0 saturated carbocycles. The van der Waals surface area contributed by atoms with Crippen molar-refractivity contribution in [2.75, 3.05) is 11.9 Å². The second-order valence-corrected chi connectivity index (χ2v) is 6.17. The first-order valence-corrected chi connectivity index (χ1v) is 8.38. The molecule has 0 aliphatic carbocycles. The van der Waals surface area contributed by atoms with Crippen molar-refractivity contribution in [3.63, 3.8) is 0 Å². The van der Waals surface area contributed by atoms with Gasteiger partial charge in [-0.1, -0.05) is 26.0 Å². The number of benzene rings is 2. The Hall–Kier alpha value is -2.82. The number of anilines is 1. The number of hydrogen-bond donors (Lipinski definition) is 2. The highest BCUT2D eigenvalue weighted by atomic mass is 16.5. The van der Waals surface area contributed by atoms with Crippen LogP contribution in [0.3, 0.4) is 0 Å². The van der Waals surface area contributed by atoms with Crippen molar-refractivity contribution in [1.82, 2.24) is 0 Å². The highest BCUT2D eigenvalue weighted by Gasteiger charge is 2.05. The Kier molecular flexibility index (Phi) is 6.57. The molecule has 25 heavy (non-hydrogen) atoms. The summed E-state index contributed by atoms with van der Waals surface area (Å²) in [5, 5.41) is 2.78. The van der Waals surface area contributed by atoms with E-state index < -0.39 is 5.91 Å². The van der Waals surface area contributed by atoms with Crippen molar-refractivity contribution in [3.8, 4) is 5.75 Å². The first-order valence-electron chi connectivity index (χ1n) is 8.38. The van der Waals surface area contributed by atoms with Crippen LogP contribution in [0.2, 0.25) is 0 Å². The van der Waals surface area contributed by atoms with Crippen molar-refractivity contribution >= 4 is 17.5 Å². The Morgan fingerprint density at radius 1 is 1.04 bits per heavy atom. The van der Waals surface area contributed by atoms with Gasteiger partial charge in [-0.15, -0.1) is 0 Å². The summed E-state index contributed by atoms with van der Waals surface area (Å²) in [5.74, 6) is 0.726. The average Bonchev–Trinajstić information content (AvgIpc) is 2.59. The van der Waals surface area contributed by atoms with Gasteiger partial charge in [0.2, 0.25) is 11.8 Å². The lowest BCUT2D eigenvalue weighted by Crippen LogP contribution is -2.14. The number of rotatable bonds is 8. The van der Waals surface area contributed by atoms with E-state index in [1.165, 1.54) is 5.56 Å². The standard InChI is InChI=1S/C20H24N2O3/c1-14(2)15-7-11-18(12-8-15)25-13-3-4-19(23)22-17-9-5-16(6-10-17)20(21)24/h5-12,14H,3-4,13H2,1-2H3,(H2,21,24)(H,22,23). The minimum absolute atomic E-state index is 0.0921. The van der Waals surface area contributed by atoms with Crippen molar-refractivity contribution in [2.45, 2.75) is 32.6 Å². The molecule has 2 aromatic carbocycles. The topological polar surface area (TPSA) is 81.4 Å². The van der Waals surface area contributed by atoms with E-state index >= 15 is 0 Å². The molecular weight excluding hydrogens is 316 g/mol. The zero-order chi connectivity index (χ0) is 18.2. The van der Waals surface area contributed by atoms with Crippen LogP contribution in [0.4, 0.5) is 5.69 Å². The molecule has 0 aliphatic rings. The molecule has 2 aromatic rings. The van der Waals surface area contributed by atoms with Crippen LogP contribution < -0.4 is 15.8 Å². The van der Waals surface area contributed by atoms with E-state index in [1.807, 2.05) is 12.1 Å². The molecule has 5 nitrogen and oxygen atoms in total. The maximum atomic E-state index is 11.9. The van der Waals surface area contributed by atoms with Gasteiger partial charge >= 0.3 is 0 Å². The molecule has 0 spiro atoms. The van der Waals surface area contributed by atoms with Gasteiger partial charge in [0.05, 0.1) is 6.61 Å². The molecule has 0 bridgehead atoms. The second-order valence-electron chi connectivity index (χ2n) is 6.17. The van der Waals surface area contributed by atoms with Gasteiger partial charge in [0, 0.05) is 17.7 Å². The second kappa shape index (κ2) is 8.87. The molecule has 0 heterocycles. The molecule has 5 heteroatoms. The Bertz CT molecular complexity index is 707. The Morgan fingerprint density at radius 2 is 1.68 bits per heavy atom. The fourth-order valence-electron chi connectivity index (χ4n) is 2.31. The van der Waals surface area contributed by atoms with E-state index in [-0.39, 0.29) is 5.91 Å². The average molecular weight is 340 g/mol. The van der Waals surface area contributed by atoms with E-state index in [9.17, 15) is 9.59 Å². The highest BCUT2D eigenvalue weighted by molar-refractivity contribution is 5.94. The Labute approximate surface area is 148 Å². The molecule has 3 N–H and O–H groups in total. The maximum Gasteiger partial charge on any atom is 0.248 e. The van der Waals surface area contributed by atoms with E-state index in [4.69, 9.17) is 10.5 Å². The van der Waals surface area contributed by atoms with Gasteiger partial charge in [-0.05, 0) is 54.3 Å². The summed E-state index contributed by atoms with van der Waals surface area (Å²) in [6.07, 6.45) is 0.985. The van der Waals surface area contributed by atoms with Gasteiger partial charge in [0.1, 0.15) is 5.75 Å². The molecule has 0 saturated heterocycles. The summed E-state index contributed by atoms with van der Waals surface area (Å²) in [7, 11) is 0. The Morgan fingerprint density at radius 3 is 2.24 bits per heavy atom. The zero-order valence-electron chi connectivity index (χ0n) is 14.6. The minimum atomic E-state index is -0.489. The van der Waals surface area contributed by atoms with Crippen molar-refractivity contribution in [2.24, 2.45) is 5.73 Å². The lowest BCUT2D eigenvalue weighted by Gasteiger charge is -2.09. The molecule has 0 fully saturated rings. The number of nitrogens with two attached hydrogens (primary N) is 1. The lowest BCUT2D eigenvalue weighted by molar-refractivity contribution is -0.116. The van der Waals surface area contributed by atoms with Gasteiger partial charge in [0.15, 0.2) is 0 Å². The van der Waals surface area contributed by atoms with Gasteiger partial charge in [-0.2, -0.15) is 0 Å². The quantitative estimate of drug-likeness (QED) is 0.719. The number of hydrogen-bond acceptors (Lipinski definition) is 3. The normalized spacial score (nSPS) is 10.5. The summed E-state index contributed by atoms with van der Waals surface area (Å²) < 4.78 is 5.65. The number of carbonyl (C=O) groups excluding carboxylic acids is 2. The van der Waals surface area contributed by atoms with Crippen LogP contribution in [0.5, 0.6) is 5.75 Å². The number of amides is 2. The van der Waals surface area contributed by atoms with Crippen LogP contribution in [-0.2, 0) is 4.79 Å². The third kappa shape index (κ3) is 5.95. The molecular formula is C20H24N2O3. The van der Waals surface area contributed by atoms with Crippen LogP contribution in [0.25, 0.3) is 0 Å². The van der Waals surface area contributed by atoms with Gasteiger partial charge in [0.25, 0.3) is 0 Å². The molecule has 2 amide bonds. The summed E-state index contributed by atoms with van der Waals surface area (Å²) in [4.78, 5) is 22.9. The smallest absolute Gasteiger partial charge is 0.248 e. The van der Waals surface area contributed by atoms with E-state index in [2.05, 4.69) is 31.3 Å². The summed E-state index contributed by atoms with van der Waals surface area (Å²) in [6, 6.07) is 14.5. The molecule has 132 valence electrons. The fraction of sp³-hybridized carbons (Fsp3) is 0.300. The number of ether oxygens (including phenoxy) is 1. The molecule has 0 unspecified atom stereocenters. The van der Waals surface area contributed by atoms with E-state index in [0.29, 0.717) is 36.6 Å². The summed E-state index contributed by atoms with van der Waals surface area (Å²) >= 11 is 0. The van der Waals surface area contributed by atoms with Gasteiger partial charge in [-0.3, -0.25) is 9.59 Å². The van der Waals surface area contributed by atoms with Crippen LogP contribution >= 0.6 is 0 Å². The van der Waals surface area contributed by atoms with Crippen molar-refractivity contribution in [3.05, 3.63) is 59.7 Å². The summed E-state index contributed by atoms with van der Waals surface area (Å²) in [6.45, 7) is 4.78. The number of nitrogens with one attached hydrogen (secondary N) is 1. The molecule has 0 aromatic heterocycles. The first-order chi connectivity index (χ1) is 12.0. The predicted molar refractivity (Wildman–Crippen MR) is 98.8 cm³/mol. The lowest BCUT2D eigenvalue weighted by atomic mass is 10.0. The number of primary amides is 1. The van der Waals surface area contributed by atoms with Crippen molar-refractivity contribution in [1.29, 1.82) is 0 Å². The largest absolute Gasteiger partial charge is 0.494 e. The predicted octanol–water partition coefficient (Wildman–Crippen LogP) is 3.71. The minimum Gasteiger partial charge on any atom is -0.494 e. The summed E-state index contributed by atoms with van der Waals surface area (Å²) in [5.41, 5.74) is 7.50. The van der Waals surface area contributed by atoms with Crippen molar-refractivity contribution < 1.29 is 14.3 Å². The van der Waals surface area contributed by atoms with Gasteiger partial charge in [-0.25, -0.2) is 0 Å². The molecule has 2 rings (SSSR count). The highest BCUT2D eigenvalue weighted by Crippen LogP contribution is 2.18.